The van der Waals surface area contributed by atoms with Crippen molar-refractivity contribution in [1.29, 1.82) is 0 Å². The lowest BCUT2D eigenvalue weighted by atomic mass is 9.86. The van der Waals surface area contributed by atoms with Crippen molar-refractivity contribution >= 4 is 34.9 Å². The van der Waals surface area contributed by atoms with Gasteiger partial charge in [-0.25, -0.2) is 13.6 Å². The number of nitrogens with one attached hydrogen (secondary N) is 2. The molecule has 0 spiro atoms. The van der Waals surface area contributed by atoms with Crippen LogP contribution < -0.4 is 15.5 Å². The molecule has 2 aromatic carbocycles. The number of hydrogen-bond acceptors (Lipinski definition) is 8. The van der Waals surface area contributed by atoms with E-state index < -0.39 is 71.0 Å². The van der Waals surface area contributed by atoms with Crippen molar-refractivity contribution in [3.05, 3.63) is 59.2 Å². The second-order valence-electron chi connectivity index (χ2n) is 10.2. The number of ketones is 3. The van der Waals surface area contributed by atoms with Crippen LogP contribution in [0.4, 0.5) is 23.2 Å². The molecule has 9 nitrogen and oxygen atoms in total. The van der Waals surface area contributed by atoms with Crippen molar-refractivity contribution in [3.8, 4) is 5.75 Å². The zero-order valence-corrected chi connectivity index (χ0v) is 23.0. The minimum absolute atomic E-state index is 0.0396. The number of carbonyl (C=O) groups is 5. The average molecular weight is 583 g/mol. The van der Waals surface area contributed by atoms with Crippen LogP contribution in [0.3, 0.4) is 0 Å². The van der Waals surface area contributed by atoms with E-state index in [1.165, 1.54) is 6.92 Å². The number of amides is 1. The molecule has 0 heterocycles. The molecule has 0 aromatic heterocycles. The Hall–Kier alpha value is -4.13. The second kappa shape index (κ2) is 14.0. The third-order valence-electron chi connectivity index (χ3n) is 5.86. The van der Waals surface area contributed by atoms with Gasteiger partial charge in [-0.2, -0.15) is 8.78 Å². The van der Waals surface area contributed by atoms with Gasteiger partial charge >= 0.3 is 5.97 Å². The van der Waals surface area contributed by atoms with E-state index in [1.807, 2.05) is 20.8 Å². The summed E-state index contributed by atoms with van der Waals surface area (Å²) in [6, 6.07) is 5.27. The fourth-order valence-corrected chi connectivity index (χ4v) is 3.51. The van der Waals surface area contributed by atoms with Crippen molar-refractivity contribution < 1.29 is 51.1 Å². The summed E-state index contributed by atoms with van der Waals surface area (Å²) in [5.41, 5.74) is 2.81. The van der Waals surface area contributed by atoms with Crippen molar-refractivity contribution in [2.45, 2.75) is 58.9 Å². The highest BCUT2D eigenvalue weighted by Crippen LogP contribution is 2.29. The first-order chi connectivity index (χ1) is 19.0. The summed E-state index contributed by atoms with van der Waals surface area (Å²) < 4.78 is 59.1. The third kappa shape index (κ3) is 8.93. The normalized spacial score (nSPS) is 12.7. The highest BCUT2D eigenvalue weighted by molar-refractivity contribution is 6.44. The number of anilines is 1. The number of benzene rings is 2. The topological polar surface area (TPSA) is 128 Å². The molecule has 0 saturated heterocycles. The maximum atomic E-state index is 13.8. The molecule has 0 fully saturated rings. The molecular weight excluding hydrogens is 552 g/mol. The lowest BCUT2D eigenvalue weighted by Crippen LogP contribution is -2.43. The van der Waals surface area contributed by atoms with Gasteiger partial charge in [0.2, 0.25) is 17.4 Å². The zero-order valence-electron chi connectivity index (χ0n) is 23.0. The number of rotatable bonds is 13. The molecule has 13 heteroatoms. The first-order valence-electron chi connectivity index (χ1n) is 12.4. The molecule has 41 heavy (non-hydrogen) atoms. The van der Waals surface area contributed by atoms with E-state index >= 15 is 0 Å². The Balaban J connectivity index is 2.07. The number of hydrogen-bond donors (Lipinski definition) is 2. The highest BCUT2D eigenvalue weighted by Gasteiger charge is 2.32. The predicted molar refractivity (Wildman–Crippen MR) is 138 cm³/mol. The minimum atomic E-state index is -1.87. The van der Waals surface area contributed by atoms with Gasteiger partial charge in [0, 0.05) is 18.2 Å². The number of para-hydroxylation sites is 1. The van der Waals surface area contributed by atoms with Crippen molar-refractivity contribution in [1.82, 2.24) is 5.48 Å². The van der Waals surface area contributed by atoms with Crippen LogP contribution in [0, 0.1) is 29.2 Å². The maximum Gasteiger partial charge on any atom is 0.335 e. The van der Waals surface area contributed by atoms with Gasteiger partial charge in [0.25, 0.3) is 5.91 Å². The fraction of sp³-hybridized carbons (Fsp3) is 0.393. The molecule has 2 N–H and O–H groups in total. The SMILES string of the molecule is CC(=O)CCC(NOC(=O)C(C)C(=O)C(=O)Nc1ccccc1C(C)(C)C)C(=O)COc1c(F)c(F)cc(F)c1F. The van der Waals surface area contributed by atoms with Crippen LogP contribution in [0.2, 0.25) is 0 Å². The summed E-state index contributed by atoms with van der Waals surface area (Å²) in [6.45, 7) is 6.90. The number of Topliss-reactive ketones (excluding diaryl/α,β-unsaturated/α-hetero) is 3. The quantitative estimate of drug-likeness (QED) is 0.119. The van der Waals surface area contributed by atoms with Crippen LogP contribution in [-0.2, 0) is 34.2 Å². The second-order valence-corrected chi connectivity index (χ2v) is 10.2. The molecule has 2 atom stereocenters. The standard InChI is InChI=1S/C28H30F4N2O7/c1-14(35)10-11-20(21(36)13-40-25-22(31)17(29)12-18(30)23(25)32)34-41-27(39)15(2)24(37)26(38)33-19-9-7-6-8-16(19)28(3,4)5/h6-9,12,15,20,34H,10-11,13H2,1-5H3,(H,33,38). The molecule has 0 aliphatic rings. The zero-order chi connectivity index (χ0) is 31.1. The van der Waals surface area contributed by atoms with E-state index in [-0.39, 0.29) is 30.1 Å². The Morgan fingerprint density at radius 1 is 0.951 bits per heavy atom. The Morgan fingerprint density at radius 3 is 2.10 bits per heavy atom. The highest BCUT2D eigenvalue weighted by atomic mass is 19.2. The Bertz CT molecular complexity index is 1320. The van der Waals surface area contributed by atoms with Gasteiger partial charge < -0.3 is 19.7 Å². The molecule has 0 aliphatic carbocycles. The first-order valence-corrected chi connectivity index (χ1v) is 12.4. The molecule has 2 aromatic rings. The summed E-state index contributed by atoms with van der Waals surface area (Å²) in [4.78, 5) is 66.5. The van der Waals surface area contributed by atoms with Crippen LogP contribution in [0.15, 0.2) is 30.3 Å². The van der Waals surface area contributed by atoms with E-state index in [2.05, 4.69) is 15.5 Å². The molecule has 1 amide bonds. The fourth-order valence-electron chi connectivity index (χ4n) is 3.51. The largest absolute Gasteiger partial charge is 0.479 e. The van der Waals surface area contributed by atoms with Gasteiger partial charge in [0.15, 0.2) is 23.2 Å². The lowest BCUT2D eigenvalue weighted by molar-refractivity contribution is -0.162. The number of hydroxylamine groups is 1. The van der Waals surface area contributed by atoms with Gasteiger partial charge in [-0.3, -0.25) is 14.4 Å². The van der Waals surface area contributed by atoms with Crippen LogP contribution >= 0.6 is 0 Å². The Labute approximate surface area is 233 Å². The summed E-state index contributed by atoms with van der Waals surface area (Å²) in [5, 5.41) is 2.48. The van der Waals surface area contributed by atoms with Crippen LogP contribution in [0.5, 0.6) is 5.75 Å². The first kappa shape index (κ1) is 33.1. The van der Waals surface area contributed by atoms with E-state index in [0.717, 1.165) is 12.5 Å². The summed E-state index contributed by atoms with van der Waals surface area (Å²) in [6.07, 6.45) is -0.484. The van der Waals surface area contributed by atoms with E-state index in [4.69, 9.17) is 4.84 Å². The average Bonchev–Trinajstić information content (AvgIpc) is 2.90. The van der Waals surface area contributed by atoms with Crippen molar-refractivity contribution in [3.63, 3.8) is 0 Å². The van der Waals surface area contributed by atoms with Gasteiger partial charge in [-0.15, -0.1) is 5.48 Å². The number of ether oxygens (including phenoxy) is 1. The van der Waals surface area contributed by atoms with Gasteiger partial charge in [-0.05, 0) is 37.3 Å². The molecule has 2 rings (SSSR count). The summed E-state index contributed by atoms with van der Waals surface area (Å²) in [5.74, 6) is -15.2. The van der Waals surface area contributed by atoms with Crippen molar-refractivity contribution in [2.75, 3.05) is 11.9 Å². The number of halogens is 4. The van der Waals surface area contributed by atoms with E-state index in [0.29, 0.717) is 5.69 Å². The monoisotopic (exact) mass is 582 g/mol. The van der Waals surface area contributed by atoms with Crippen molar-refractivity contribution in [2.24, 2.45) is 5.92 Å². The van der Waals surface area contributed by atoms with E-state index in [9.17, 15) is 41.5 Å². The molecule has 222 valence electrons. The van der Waals surface area contributed by atoms with Gasteiger partial charge in [0.05, 0.1) is 0 Å². The maximum absolute atomic E-state index is 13.8. The summed E-state index contributed by atoms with van der Waals surface area (Å²) in [7, 11) is 0. The van der Waals surface area contributed by atoms with Gasteiger partial charge in [-0.1, -0.05) is 39.0 Å². The van der Waals surface area contributed by atoms with Crippen LogP contribution in [-0.4, -0.2) is 41.9 Å². The van der Waals surface area contributed by atoms with E-state index in [1.54, 1.807) is 24.3 Å². The smallest absolute Gasteiger partial charge is 0.335 e. The molecule has 2 unspecified atom stereocenters. The van der Waals surface area contributed by atoms with Gasteiger partial charge in [0.1, 0.15) is 24.3 Å². The molecule has 0 bridgehead atoms. The Kier molecular flexibility index (Phi) is 11.3. The lowest BCUT2D eigenvalue weighted by Gasteiger charge is -2.23. The number of carbonyl (C=O) groups excluding carboxylic acids is 5. The molecule has 0 radical (unpaired) electrons. The molecule has 0 aliphatic heterocycles. The van der Waals surface area contributed by atoms with Crippen LogP contribution in [0.25, 0.3) is 0 Å². The summed E-state index contributed by atoms with van der Waals surface area (Å²) >= 11 is 0. The third-order valence-corrected chi connectivity index (χ3v) is 5.86. The minimum Gasteiger partial charge on any atom is -0.479 e. The van der Waals surface area contributed by atoms with Crippen LogP contribution in [0.1, 0.15) is 53.0 Å². The Morgan fingerprint density at radius 2 is 1.54 bits per heavy atom. The molecular formula is C28H30F4N2O7. The molecule has 0 saturated carbocycles. The predicted octanol–water partition coefficient (Wildman–Crippen LogP) is 4.12.